The number of fused-ring (bicyclic) bond motifs is 2. The molecular weight excluding hydrogens is 423 g/mol. The number of rotatable bonds is 8. The minimum Gasteiger partial charge on any atom is -0.493 e. The SMILES string of the molecule is [2H]C1([2H])N(CCCOc2cc3ncnc(Oc4ccc5[nH]c(C)cc5c4F)c3cc2OC)C([2H])([2H])C([2H])([2H])C1([2H])[2H]. The highest BCUT2D eigenvalue weighted by Gasteiger charge is 2.17. The van der Waals surface area contributed by atoms with E-state index in [2.05, 4.69) is 15.0 Å². The highest BCUT2D eigenvalue weighted by atomic mass is 19.1. The smallest absolute Gasteiger partial charge is 0.230 e. The van der Waals surface area contributed by atoms with Crippen molar-refractivity contribution in [2.45, 2.75) is 26.1 Å². The van der Waals surface area contributed by atoms with Crippen molar-refractivity contribution in [3.8, 4) is 23.1 Å². The largest absolute Gasteiger partial charge is 0.493 e. The number of H-pyrrole nitrogens is 1. The first-order chi connectivity index (χ1) is 19.1. The molecule has 0 spiro atoms. The van der Waals surface area contributed by atoms with Crippen LogP contribution in [0.2, 0.25) is 0 Å². The van der Waals surface area contributed by atoms with Gasteiger partial charge in [0, 0.05) is 40.2 Å². The molecular formula is C25H27FN4O3. The molecule has 0 radical (unpaired) electrons. The number of methoxy groups -OCH3 is 1. The third-order valence-corrected chi connectivity index (χ3v) is 5.16. The van der Waals surface area contributed by atoms with Crippen molar-refractivity contribution in [2.24, 2.45) is 0 Å². The first-order valence-electron chi connectivity index (χ1n) is 14.3. The molecule has 5 rings (SSSR count). The lowest BCUT2D eigenvalue weighted by molar-refractivity contribution is 0.254. The van der Waals surface area contributed by atoms with Gasteiger partial charge in [0.05, 0.1) is 24.6 Å². The number of ether oxygens (including phenoxy) is 3. The molecule has 2 aromatic carbocycles. The number of benzene rings is 2. The number of hydrogen-bond acceptors (Lipinski definition) is 6. The van der Waals surface area contributed by atoms with E-state index in [1.54, 1.807) is 24.3 Å². The van der Waals surface area contributed by atoms with Gasteiger partial charge in [-0.1, -0.05) is 0 Å². The fourth-order valence-electron chi connectivity index (χ4n) is 3.60. The quantitative estimate of drug-likeness (QED) is 0.365. The molecule has 8 heteroatoms. The van der Waals surface area contributed by atoms with Crippen LogP contribution in [0.3, 0.4) is 0 Å². The second-order valence-electron chi connectivity index (χ2n) is 7.42. The molecule has 1 aliphatic heterocycles. The summed E-state index contributed by atoms with van der Waals surface area (Å²) in [7, 11) is 1.41. The fourth-order valence-corrected chi connectivity index (χ4v) is 3.60. The normalized spacial score (nSPS) is 24.0. The molecule has 4 aromatic rings. The lowest BCUT2D eigenvalue weighted by atomic mass is 10.2. The number of aryl methyl sites for hydroxylation is 1. The van der Waals surface area contributed by atoms with Gasteiger partial charge >= 0.3 is 0 Å². The summed E-state index contributed by atoms with van der Waals surface area (Å²) in [5, 5.41) is 0.804. The Morgan fingerprint density at radius 2 is 1.94 bits per heavy atom. The Hall–Kier alpha value is -3.39. The number of hydrogen-bond donors (Lipinski definition) is 1. The average molecular weight is 459 g/mol. The molecule has 7 nitrogen and oxygen atoms in total. The van der Waals surface area contributed by atoms with Crippen molar-refractivity contribution in [1.29, 1.82) is 0 Å². The Bertz CT molecular complexity index is 1610. The summed E-state index contributed by atoms with van der Waals surface area (Å²) in [6.07, 6.45) is -4.86. The first-order valence-corrected chi connectivity index (χ1v) is 10.3. The molecule has 0 atom stereocenters. The number of halogens is 1. The third-order valence-electron chi connectivity index (χ3n) is 5.16. The van der Waals surface area contributed by atoms with E-state index in [9.17, 15) is 0 Å². The van der Waals surface area contributed by atoms with Crippen LogP contribution in [0.4, 0.5) is 4.39 Å². The minimum atomic E-state index is -3.08. The van der Waals surface area contributed by atoms with Crippen molar-refractivity contribution < 1.29 is 29.6 Å². The zero-order valence-electron chi connectivity index (χ0n) is 26.0. The molecule has 1 fully saturated rings. The van der Waals surface area contributed by atoms with Crippen LogP contribution in [0, 0.1) is 12.7 Å². The number of likely N-dealkylation sites (tertiary alicyclic amines) is 1. The molecule has 3 heterocycles. The summed E-state index contributed by atoms with van der Waals surface area (Å²) in [5.41, 5.74) is 1.84. The molecule has 1 N–H and O–H groups in total. The Kier molecular flexibility index (Phi) is 3.92. The van der Waals surface area contributed by atoms with Gasteiger partial charge in [-0.3, -0.25) is 0 Å². The first kappa shape index (κ1) is 14.0. The van der Waals surface area contributed by atoms with Crippen LogP contribution < -0.4 is 14.2 Å². The zero-order valence-corrected chi connectivity index (χ0v) is 18.0. The van der Waals surface area contributed by atoms with Crippen LogP contribution in [0.5, 0.6) is 23.1 Å². The van der Waals surface area contributed by atoms with Crippen LogP contribution in [0.25, 0.3) is 21.8 Å². The number of nitrogens with one attached hydrogen (secondary N) is 1. The van der Waals surface area contributed by atoms with Crippen LogP contribution in [-0.4, -0.2) is 53.1 Å². The summed E-state index contributed by atoms with van der Waals surface area (Å²) in [5.74, 6) is 0.0593. The van der Waals surface area contributed by atoms with E-state index in [0.717, 1.165) is 5.69 Å². The Morgan fingerprint density at radius 1 is 1.09 bits per heavy atom. The van der Waals surface area contributed by atoms with Crippen molar-refractivity contribution in [1.82, 2.24) is 19.9 Å². The standard InChI is InChI=1S/C25H27FN4O3/c1-16-12-17-19(29-16)6-7-21(24(17)26)33-25-18-13-22(31-2)23(14-20(18)27-15-28-25)32-11-5-10-30-8-3-4-9-30/h6-7,12-15,29H,3-5,8-11H2,1-2H3/i3D2,4D2,8D2,9D2. The second kappa shape index (κ2) is 9.23. The number of aromatic nitrogens is 3. The molecule has 0 bridgehead atoms. The Balaban J connectivity index is 1.34. The number of aromatic amines is 1. The van der Waals surface area contributed by atoms with Gasteiger partial charge < -0.3 is 24.1 Å². The maximum atomic E-state index is 15.1. The summed E-state index contributed by atoms with van der Waals surface area (Å²) < 4.78 is 96.2. The van der Waals surface area contributed by atoms with Crippen LogP contribution in [-0.2, 0) is 0 Å². The van der Waals surface area contributed by atoms with E-state index >= 15 is 4.39 Å². The summed E-state index contributed by atoms with van der Waals surface area (Å²) in [6.45, 7) is -4.32. The molecule has 0 saturated carbocycles. The van der Waals surface area contributed by atoms with E-state index in [-0.39, 0.29) is 42.7 Å². The average Bonchev–Trinajstić information content (AvgIpc) is 3.32. The van der Waals surface area contributed by atoms with Gasteiger partial charge in [-0.25, -0.2) is 14.4 Å². The van der Waals surface area contributed by atoms with E-state index in [4.69, 9.17) is 25.2 Å². The van der Waals surface area contributed by atoms with Crippen molar-refractivity contribution in [3.05, 3.63) is 48.2 Å². The molecule has 0 aliphatic carbocycles. The van der Waals surface area contributed by atoms with Gasteiger partial charge in [0.1, 0.15) is 6.33 Å². The Labute approximate surface area is 202 Å². The topological polar surface area (TPSA) is 72.5 Å². The lowest BCUT2D eigenvalue weighted by Gasteiger charge is -2.16. The highest BCUT2D eigenvalue weighted by molar-refractivity contribution is 5.87. The van der Waals surface area contributed by atoms with Gasteiger partial charge in [0.15, 0.2) is 23.1 Å². The minimum absolute atomic E-state index is 0.0220. The lowest BCUT2D eigenvalue weighted by Crippen LogP contribution is -2.21. The summed E-state index contributed by atoms with van der Waals surface area (Å²) in [6, 6.07) is 8.01. The van der Waals surface area contributed by atoms with Gasteiger partial charge in [-0.2, -0.15) is 0 Å². The predicted molar refractivity (Wildman–Crippen MR) is 125 cm³/mol. The molecule has 1 saturated heterocycles. The van der Waals surface area contributed by atoms with E-state index in [1.165, 1.54) is 19.5 Å². The van der Waals surface area contributed by atoms with Crippen LogP contribution in [0.1, 0.15) is 35.8 Å². The van der Waals surface area contributed by atoms with Gasteiger partial charge in [-0.15, -0.1) is 0 Å². The van der Waals surface area contributed by atoms with Gasteiger partial charge in [-0.05, 0) is 63.3 Å². The third kappa shape index (κ3) is 4.43. The van der Waals surface area contributed by atoms with Crippen molar-refractivity contribution in [3.63, 3.8) is 0 Å². The van der Waals surface area contributed by atoms with Crippen LogP contribution in [0.15, 0.2) is 36.7 Å². The fraction of sp³-hybridized carbons (Fsp3) is 0.360. The molecule has 172 valence electrons. The Morgan fingerprint density at radius 3 is 2.76 bits per heavy atom. The summed E-state index contributed by atoms with van der Waals surface area (Å²) in [4.78, 5) is 12.0. The maximum absolute atomic E-state index is 15.1. The zero-order chi connectivity index (χ0) is 30.0. The maximum Gasteiger partial charge on any atom is 0.230 e. The van der Waals surface area contributed by atoms with Crippen LogP contribution >= 0.6 is 0 Å². The predicted octanol–water partition coefficient (Wildman–Crippen LogP) is 5.22. The molecule has 1 aliphatic rings. The van der Waals surface area contributed by atoms with Crippen molar-refractivity contribution in [2.75, 3.05) is 33.3 Å². The van der Waals surface area contributed by atoms with Crippen molar-refractivity contribution >= 4 is 21.8 Å². The second-order valence-corrected chi connectivity index (χ2v) is 7.42. The van der Waals surface area contributed by atoms with E-state index in [0.29, 0.717) is 26.7 Å². The van der Waals surface area contributed by atoms with E-state index < -0.39 is 31.6 Å². The van der Waals surface area contributed by atoms with E-state index in [1.807, 2.05) is 6.92 Å². The molecule has 2 aromatic heterocycles. The summed E-state index contributed by atoms with van der Waals surface area (Å²) >= 11 is 0. The van der Waals surface area contributed by atoms with Gasteiger partial charge in [0.25, 0.3) is 0 Å². The van der Waals surface area contributed by atoms with Gasteiger partial charge in [0.2, 0.25) is 5.88 Å². The highest BCUT2D eigenvalue weighted by Crippen LogP contribution is 2.37. The monoisotopic (exact) mass is 458 g/mol. The molecule has 0 amide bonds. The molecule has 33 heavy (non-hydrogen) atoms. The molecule has 0 unspecified atom stereocenters. The number of nitrogens with zero attached hydrogens (tertiary/aromatic N) is 3.